The Hall–Kier alpha value is -2.63. The monoisotopic (exact) mass is 291 g/mol. The number of methoxy groups -OCH3 is 1. The number of carboxylic acid groups (broad SMARTS) is 1. The summed E-state index contributed by atoms with van der Waals surface area (Å²) < 4.78 is 24.2. The van der Waals surface area contributed by atoms with Crippen LogP contribution in [0.5, 0.6) is 11.5 Å². The van der Waals surface area contributed by atoms with Crippen molar-refractivity contribution >= 4 is 5.97 Å². The van der Waals surface area contributed by atoms with Gasteiger partial charge in [0.2, 0.25) is 0 Å². The molecule has 0 aliphatic heterocycles. The molecule has 0 fully saturated rings. The van der Waals surface area contributed by atoms with Crippen LogP contribution in [-0.2, 0) is 6.61 Å². The molecule has 1 heterocycles. The van der Waals surface area contributed by atoms with Crippen LogP contribution in [0.25, 0.3) is 0 Å². The first-order valence-electron chi connectivity index (χ1n) is 6.17. The number of halogens is 1. The van der Waals surface area contributed by atoms with Gasteiger partial charge in [-0.2, -0.15) is 0 Å². The molecule has 0 aliphatic rings. The number of rotatable bonds is 5. The molecule has 0 saturated heterocycles. The molecule has 6 heteroatoms. The van der Waals surface area contributed by atoms with Crippen molar-refractivity contribution in [2.24, 2.45) is 0 Å². The maximum atomic E-state index is 13.8. The molecule has 0 atom stereocenters. The lowest BCUT2D eigenvalue weighted by molar-refractivity contribution is 0.0685. The number of benzene rings is 1. The molecule has 21 heavy (non-hydrogen) atoms. The van der Waals surface area contributed by atoms with Crippen LogP contribution < -0.4 is 9.47 Å². The minimum Gasteiger partial charge on any atom is -0.497 e. The molecule has 1 aromatic carbocycles. The highest BCUT2D eigenvalue weighted by Crippen LogP contribution is 2.23. The van der Waals surface area contributed by atoms with Crippen LogP contribution >= 0.6 is 0 Å². The Morgan fingerprint density at radius 3 is 2.57 bits per heavy atom. The van der Waals surface area contributed by atoms with Crippen molar-refractivity contribution in [3.05, 3.63) is 53.1 Å². The van der Waals surface area contributed by atoms with E-state index >= 15 is 0 Å². The summed E-state index contributed by atoms with van der Waals surface area (Å²) in [6.45, 7) is 1.50. The van der Waals surface area contributed by atoms with Gasteiger partial charge >= 0.3 is 5.97 Å². The third-order valence-electron chi connectivity index (χ3n) is 2.93. The lowest BCUT2D eigenvalue weighted by Gasteiger charge is -2.10. The highest BCUT2D eigenvalue weighted by molar-refractivity contribution is 5.91. The molecule has 0 spiro atoms. The summed E-state index contributed by atoms with van der Waals surface area (Å²) in [4.78, 5) is 14.9. The van der Waals surface area contributed by atoms with Crippen molar-refractivity contribution < 1.29 is 23.8 Å². The van der Waals surface area contributed by atoms with Gasteiger partial charge in [0.1, 0.15) is 17.9 Å². The average Bonchev–Trinajstić information content (AvgIpc) is 2.48. The number of nitrogens with zero attached hydrogens (tertiary/aromatic N) is 1. The second-order valence-corrected chi connectivity index (χ2v) is 4.34. The third kappa shape index (κ3) is 3.28. The van der Waals surface area contributed by atoms with Crippen molar-refractivity contribution in [3.63, 3.8) is 0 Å². The van der Waals surface area contributed by atoms with Gasteiger partial charge in [-0.3, -0.25) is 4.98 Å². The Labute approximate surface area is 121 Å². The Morgan fingerprint density at radius 2 is 2.00 bits per heavy atom. The van der Waals surface area contributed by atoms with Crippen LogP contribution in [0, 0.1) is 12.7 Å². The molecule has 0 aliphatic carbocycles. The Morgan fingerprint density at radius 1 is 1.33 bits per heavy atom. The van der Waals surface area contributed by atoms with Gasteiger partial charge in [-0.25, -0.2) is 9.18 Å². The molecular formula is C15H14FNO4. The maximum absolute atomic E-state index is 13.8. The lowest BCUT2D eigenvalue weighted by atomic mass is 10.2. The number of aromatic carboxylic acids is 1. The van der Waals surface area contributed by atoms with E-state index in [0.29, 0.717) is 5.75 Å². The van der Waals surface area contributed by atoms with Gasteiger partial charge in [0.25, 0.3) is 0 Å². The van der Waals surface area contributed by atoms with E-state index in [4.69, 9.17) is 14.6 Å². The first-order chi connectivity index (χ1) is 10.0. The Kier molecular flexibility index (Phi) is 4.37. The molecular weight excluding hydrogens is 277 g/mol. The molecule has 2 rings (SSSR count). The van der Waals surface area contributed by atoms with Crippen LogP contribution in [0.15, 0.2) is 30.5 Å². The molecule has 1 aromatic heterocycles. The number of aromatic nitrogens is 1. The number of hydrogen-bond acceptors (Lipinski definition) is 4. The van der Waals surface area contributed by atoms with Crippen LogP contribution in [0.1, 0.15) is 21.6 Å². The lowest BCUT2D eigenvalue weighted by Crippen LogP contribution is -2.08. The van der Waals surface area contributed by atoms with Crippen LogP contribution in [0.4, 0.5) is 4.39 Å². The Balaban J connectivity index is 2.19. The standard InChI is InChI=1S/C15H14FNO4/c1-9-14(16)13(15(18)19)12(7-17-9)21-8-10-3-5-11(20-2)6-4-10/h3-7H,8H2,1-2H3,(H,18,19). The normalized spacial score (nSPS) is 10.2. The second-order valence-electron chi connectivity index (χ2n) is 4.34. The summed E-state index contributed by atoms with van der Waals surface area (Å²) >= 11 is 0. The first kappa shape index (κ1) is 14.8. The zero-order chi connectivity index (χ0) is 15.4. The average molecular weight is 291 g/mol. The summed E-state index contributed by atoms with van der Waals surface area (Å²) in [5, 5.41) is 9.07. The third-order valence-corrected chi connectivity index (χ3v) is 2.93. The van der Waals surface area contributed by atoms with Crippen LogP contribution in [0.3, 0.4) is 0 Å². The smallest absolute Gasteiger partial charge is 0.342 e. The van der Waals surface area contributed by atoms with E-state index in [-0.39, 0.29) is 18.1 Å². The number of pyridine rings is 1. The number of aryl methyl sites for hydroxylation is 1. The fourth-order valence-electron chi connectivity index (χ4n) is 1.76. The molecule has 5 nitrogen and oxygen atoms in total. The van der Waals surface area contributed by atoms with Crippen molar-refractivity contribution in [2.75, 3.05) is 7.11 Å². The van der Waals surface area contributed by atoms with E-state index in [0.717, 1.165) is 5.56 Å². The summed E-state index contributed by atoms with van der Waals surface area (Å²) in [7, 11) is 1.56. The van der Waals surface area contributed by atoms with E-state index in [1.165, 1.54) is 13.1 Å². The van der Waals surface area contributed by atoms with E-state index in [1.807, 2.05) is 0 Å². The van der Waals surface area contributed by atoms with E-state index in [2.05, 4.69) is 4.98 Å². The van der Waals surface area contributed by atoms with Gasteiger partial charge in [0.15, 0.2) is 11.6 Å². The molecule has 0 amide bonds. The molecule has 0 bridgehead atoms. The number of hydrogen-bond donors (Lipinski definition) is 1. The summed E-state index contributed by atoms with van der Waals surface area (Å²) in [5.41, 5.74) is 0.313. The topological polar surface area (TPSA) is 68.7 Å². The number of ether oxygens (including phenoxy) is 2. The zero-order valence-electron chi connectivity index (χ0n) is 11.6. The van der Waals surface area contributed by atoms with Crippen molar-refractivity contribution in [1.82, 2.24) is 4.98 Å². The summed E-state index contributed by atoms with van der Waals surface area (Å²) in [5.74, 6) is -1.66. The SMILES string of the molecule is COc1ccc(COc2cnc(C)c(F)c2C(=O)O)cc1. The summed E-state index contributed by atoms with van der Waals surface area (Å²) in [6, 6.07) is 7.06. The summed E-state index contributed by atoms with van der Waals surface area (Å²) in [6.07, 6.45) is 1.21. The van der Waals surface area contributed by atoms with Crippen molar-refractivity contribution in [2.45, 2.75) is 13.5 Å². The van der Waals surface area contributed by atoms with Gasteiger partial charge in [-0.15, -0.1) is 0 Å². The second kappa shape index (κ2) is 6.21. The predicted octanol–water partition coefficient (Wildman–Crippen LogP) is 2.81. The quantitative estimate of drug-likeness (QED) is 0.917. The van der Waals surface area contributed by atoms with Gasteiger partial charge in [0, 0.05) is 0 Å². The highest BCUT2D eigenvalue weighted by Gasteiger charge is 2.20. The van der Waals surface area contributed by atoms with Gasteiger partial charge < -0.3 is 14.6 Å². The highest BCUT2D eigenvalue weighted by atomic mass is 19.1. The molecule has 0 unspecified atom stereocenters. The molecule has 0 saturated carbocycles. The molecule has 1 N–H and O–H groups in total. The van der Waals surface area contributed by atoms with E-state index in [9.17, 15) is 9.18 Å². The van der Waals surface area contributed by atoms with E-state index < -0.39 is 17.3 Å². The van der Waals surface area contributed by atoms with Gasteiger partial charge in [-0.1, -0.05) is 12.1 Å². The number of carbonyl (C=O) groups is 1. The minimum absolute atomic E-state index is 0.0178. The number of carboxylic acids is 1. The van der Waals surface area contributed by atoms with Crippen LogP contribution in [0.2, 0.25) is 0 Å². The zero-order valence-corrected chi connectivity index (χ0v) is 11.6. The van der Waals surface area contributed by atoms with E-state index in [1.54, 1.807) is 31.4 Å². The minimum atomic E-state index is -1.39. The maximum Gasteiger partial charge on any atom is 0.342 e. The van der Waals surface area contributed by atoms with Gasteiger partial charge in [0.05, 0.1) is 19.0 Å². The Bertz CT molecular complexity index is 655. The largest absolute Gasteiger partial charge is 0.497 e. The molecule has 110 valence electrons. The fraction of sp³-hybridized carbons (Fsp3) is 0.200. The van der Waals surface area contributed by atoms with Gasteiger partial charge in [-0.05, 0) is 24.6 Å². The van der Waals surface area contributed by atoms with Crippen molar-refractivity contribution in [3.8, 4) is 11.5 Å². The predicted molar refractivity (Wildman–Crippen MR) is 73.2 cm³/mol. The first-order valence-corrected chi connectivity index (χ1v) is 6.17. The molecule has 2 aromatic rings. The molecule has 0 radical (unpaired) electrons. The van der Waals surface area contributed by atoms with Crippen LogP contribution in [-0.4, -0.2) is 23.2 Å². The fourth-order valence-corrected chi connectivity index (χ4v) is 1.76. The van der Waals surface area contributed by atoms with Crippen molar-refractivity contribution in [1.29, 1.82) is 0 Å².